The number of rotatable bonds is 9. The number of aryl methyl sites for hydroxylation is 1. The van der Waals surface area contributed by atoms with E-state index in [-0.39, 0.29) is 34.9 Å². The molecule has 0 fully saturated rings. The average molecular weight is 603 g/mol. The molecule has 3 aromatic carbocycles. The van der Waals surface area contributed by atoms with Gasteiger partial charge in [-0.15, -0.1) is 0 Å². The Kier molecular flexibility index (Phi) is 8.93. The van der Waals surface area contributed by atoms with E-state index in [2.05, 4.69) is 5.32 Å². The van der Waals surface area contributed by atoms with Gasteiger partial charge in [-0.25, -0.2) is 12.8 Å². The predicted octanol–water partition coefficient (Wildman–Crippen LogP) is 7.06. The third-order valence-corrected chi connectivity index (χ3v) is 8.04. The molecular weight excluding hydrogens is 572 g/mol. The minimum atomic E-state index is -4.86. The number of carbonyl (C=O) groups excluding carboxylic acids is 1. The number of halogens is 4. The Morgan fingerprint density at radius 3 is 2.31 bits per heavy atom. The molecule has 0 radical (unpaired) electrons. The number of amides is 1. The maximum atomic E-state index is 14.0. The third kappa shape index (κ3) is 7.08. The molecule has 1 aromatic heterocycles. The number of anilines is 1. The minimum Gasteiger partial charge on any atom is -0.373 e. The first-order chi connectivity index (χ1) is 19.6. The van der Waals surface area contributed by atoms with Gasteiger partial charge in [0.25, 0.3) is 5.91 Å². The molecule has 0 bridgehead atoms. The van der Waals surface area contributed by atoms with Gasteiger partial charge in [-0.2, -0.15) is 13.2 Å². The lowest BCUT2D eigenvalue weighted by Gasteiger charge is -2.20. The summed E-state index contributed by atoms with van der Waals surface area (Å²) in [5.74, 6) is -1.64. The number of carbonyl (C=O) groups is 1. The minimum absolute atomic E-state index is 0.0996. The first-order valence-electron chi connectivity index (χ1n) is 13.0. The lowest BCUT2D eigenvalue weighted by molar-refractivity contribution is -0.137. The van der Waals surface area contributed by atoms with Gasteiger partial charge in [0, 0.05) is 29.8 Å². The number of aromatic nitrogens is 1. The van der Waals surface area contributed by atoms with Crippen molar-refractivity contribution in [1.82, 2.24) is 4.57 Å². The Bertz CT molecular complexity index is 1710. The maximum Gasteiger partial charge on any atom is 0.418 e. The highest BCUT2D eigenvalue weighted by Gasteiger charge is 2.36. The van der Waals surface area contributed by atoms with Gasteiger partial charge in [0.2, 0.25) is 0 Å². The van der Waals surface area contributed by atoms with Crippen molar-refractivity contribution in [3.8, 4) is 5.69 Å². The number of alkyl halides is 3. The fourth-order valence-corrected chi connectivity index (χ4v) is 5.78. The van der Waals surface area contributed by atoms with E-state index in [1.54, 1.807) is 13.8 Å². The number of nitrogens with one attached hydrogen (secondary N) is 1. The van der Waals surface area contributed by atoms with Crippen LogP contribution in [0.2, 0.25) is 0 Å². The molecule has 1 atom stereocenters. The Morgan fingerprint density at radius 1 is 1.00 bits per heavy atom. The largest absolute Gasteiger partial charge is 0.418 e. The van der Waals surface area contributed by atoms with E-state index in [0.29, 0.717) is 23.0 Å². The van der Waals surface area contributed by atoms with Gasteiger partial charge >= 0.3 is 6.18 Å². The van der Waals surface area contributed by atoms with Gasteiger partial charge in [-0.05, 0) is 74.4 Å². The third-order valence-electron chi connectivity index (χ3n) is 6.78. The first kappa shape index (κ1) is 31.0. The summed E-state index contributed by atoms with van der Waals surface area (Å²) in [6.07, 6.45) is -4.08. The summed E-state index contributed by atoms with van der Waals surface area (Å²) in [5, 5.41) is 2.70. The molecule has 0 aliphatic rings. The molecule has 1 N–H and O–H groups in total. The van der Waals surface area contributed by atoms with Crippen molar-refractivity contribution in [2.24, 2.45) is 0 Å². The van der Waals surface area contributed by atoms with E-state index < -0.39 is 39.4 Å². The highest BCUT2D eigenvalue weighted by molar-refractivity contribution is 7.90. The van der Waals surface area contributed by atoms with Gasteiger partial charge in [0.05, 0.1) is 34.4 Å². The molecule has 0 aliphatic carbocycles. The van der Waals surface area contributed by atoms with Crippen LogP contribution in [0.4, 0.5) is 23.2 Å². The fraction of sp³-hybridized carbons (Fsp3) is 0.258. The number of sulfone groups is 1. The zero-order valence-electron chi connectivity index (χ0n) is 23.4. The zero-order valence-corrected chi connectivity index (χ0v) is 24.2. The second-order valence-electron chi connectivity index (χ2n) is 10.1. The quantitative estimate of drug-likeness (QED) is 0.208. The highest BCUT2D eigenvalue weighted by atomic mass is 32.2. The zero-order chi connectivity index (χ0) is 30.8. The summed E-state index contributed by atoms with van der Waals surface area (Å²) in [5.41, 5.74) is 0.830. The molecule has 1 heterocycles. The molecule has 42 heavy (non-hydrogen) atoms. The molecular formula is C31H30F4N2O4S. The van der Waals surface area contributed by atoms with E-state index >= 15 is 0 Å². The molecule has 4 aromatic rings. The van der Waals surface area contributed by atoms with E-state index in [1.165, 1.54) is 35.8 Å². The van der Waals surface area contributed by atoms with Crippen LogP contribution in [-0.4, -0.2) is 31.3 Å². The van der Waals surface area contributed by atoms with Crippen molar-refractivity contribution in [3.63, 3.8) is 0 Å². The molecule has 0 spiro atoms. The Hall–Kier alpha value is -3.96. The lowest BCUT2D eigenvalue weighted by Crippen LogP contribution is -2.18. The SMILES string of the molecule is Cc1cc(NC(=O)c2cc(C[C@H](C)OCc3ccccc3)n(-c3ccc(F)cc3C(F)(F)F)c2C)ccc1S(C)(=O)=O. The van der Waals surface area contributed by atoms with Crippen LogP contribution in [0.25, 0.3) is 5.69 Å². The molecule has 11 heteroatoms. The van der Waals surface area contributed by atoms with Crippen LogP contribution in [0.15, 0.2) is 77.7 Å². The lowest BCUT2D eigenvalue weighted by atomic mass is 10.1. The Morgan fingerprint density at radius 2 is 1.69 bits per heavy atom. The van der Waals surface area contributed by atoms with Crippen molar-refractivity contribution in [3.05, 3.63) is 112 Å². The number of hydrogen-bond donors (Lipinski definition) is 1. The molecule has 222 valence electrons. The molecule has 0 saturated carbocycles. The summed E-state index contributed by atoms with van der Waals surface area (Å²) in [6.45, 7) is 5.16. The van der Waals surface area contributed by atoms with Crippen molar-refractivity contribution < 1.29 is 35.5 Å². The maximum absolute atomic E-state index is 14.0. The number of nitrogens with zero attached hydrogens (tertiary/aromatic N) is 1. The van der Waals surface area contributed by atoms with Crippen LogP contribution in [0.5, 0.6) is 0 Å². The van der Waals surface area contributed by atoms with Crippen molar-refractivity contribution in [2.45, 2.75) is 51.0 Å². The van der Waals surface area contributed by atoms with Crippen molar-refractivity contribution in [1.29, 1.82) is 0 Å². The van der Waals surface area contributed by atoms with Crippen molar-refractivity contribution in [2.75, 3.05) is 11.6 Å². The molecule has 0 aliphatic heterocycles. The molecule has 6 nitrogen and oxygen atoms in total. The van der Waals surface area contributed by atoms with Crippen LogP contribution in [0.3, 0.4) is 0 Å². The van der Waals surface area contributed by atoms with E-state index in [4.69, 9.17) is 4.74 Å². The summed E-state index contributed by atoms with van der Waals surface area (Å²) >= 11 is 0. The fourth-order valence-electron chi connectivity index (χ4n) is 4.83. The van der Waals surface area contributed by atoms with Gasteiger partial charge < -0.3 is 14.6 Å². The van der Waals surface area contributed by atoms with Gasteiger partial charge in [-0.1, -0.05) is 30.3 Å². The average Bonchev–Trinajstić information content (AvgIpc) is 3.22. The first-order valence-corrected chi connectivity index (χ1v) is 14.9. The summed E-state index contributed by atoms with van der Waals surface area (Å²) in [4.78, 5) is 13.5. The summed E-state index contributed by atoms with van der Waals surface area (Å²) < 4.78 is 87.2. The van der Waals surface area contributed by atoms with Crippen molar-refractivity contribution >= 4 is 21.4 Å². The molecule has 0 saturated heterocycles. The molecule has 1 amide bonds. The second kappa shape index (κ2) is 12.1. The van der Waals surface area contributed by atoms with E-state index in [0.717, 1.165) is 24.0 Å². The normalized spacial score (nSPS) is 12.8. The van der Waals surface area contributed by atoms with Crippen LogP contribution in [-0.2, 0) is 33.8 Å². The molecule has 4 rings (SSSR count). The van der Waals surface area contributed by atoms with Crippen LogP contribution in [0.1, 0.15) is 45.4 Å². The van der Waals surface area contributed by atoms with Gasteiger partial charge in [-0.3, -0.25) is 4.79 Å². The van der Waals surface area contributed by atoms with E-state index in [1.807, 2.05) is 30.3 Å². The second-order valence-corrected chi connectivity index (χ2v) is 12.1. The van der Waals surface area contributed by atoms with Crippen LogP contribution in [0, 0.1) is 19.7 Å². The summed E-state index contributed by atoms with van der Waals surface area (Å²) in [7, 11) is -3.47. The topological polar surface area (TPSA) is 77.4 Å². The monoisotopic (exact) mass is 602 g/mol. The Labute approximate surface area is 241 Å². The predicted molar refractivity (Wildman–Crippen MR) is 152 cm³/mol. The van der Waals surface area contributed by atoms with Gasteiger partial charge in [0.15, 0.2) is 9.84 Å². The summed E-state index contributed by atoms with van der Waals surface area (Å²) in [6, 6.07) is 17.6. The highest BCUT2D eigenvalue weighted by Crippen LogP contribution is 2.36. The standard InChI is InChI=1S/C31H30F4N2O4S/c1-19-14-24(11-13-29(19)42(4,39)40)36-30(38)26-17-25(15-20(2)41-18-22-8-6-5-7-9-22)37(21(26)3)28-12-10-23(32)16-27(28)31(33,34)35/h5-14,16-17,20H,15,18H2,1-4H3,(H,36,38)/t20-/m0/s1. The Balaban J connectivity index is 1.73. The number of hydrogen-bond acceptors (Lipinski definition) is 4. The van der Waals surface area contributed by atoms with Gasteiger partial charge in [0.1, 0.15) is 5.82 Å². The number of benzene rings is 3. The smallest absolute Gasteiger partial charge is 0.373 e. The molecule has 0 unspecified atom stereocenters. The number of ether oxygens (including phenoxy) is 1. The van der Waals surface area contributed by atoms with E-state index in [9.17, 15) is 30.8 Å². The van der Waals surface area contributed by atoms with Crippen LogP contribution < -0.4 is 5.32 Å². The van der Waals surface area contributed by atoms with Crippen LogP contribution >= 0.6 is 0 Å².